The maximum Gasteiger partial charge on any atom is 0.333 e. The molecular weight excluding hydrogens is 1230 g/mol. The summed E-state index contributed by atoms with van der Waals surface area (Å²) in [6.45, 7) is 49.9. The minimum Gasteiger partial charge on any atom is -0.469 e. The van der Waals surface area contributed by atoms with E-state index in [0.717, 1.165) is 87.1 Å². The van der Waals surface area contributed by atoms with Gasteiger partial charge in [-0.3, -0.25) is 14.4 Å². The van der Waals surface area contributed by atoms with E-state index >= 15 is 0 Å². The van der Waals surface area contributed by atoms with Crippen molar-refractivity contribution >= 4 is 42.7 Å². The van der Waals surface area contributed by atoms with Crippen molar-refractivity contribution in [3.8, 4) is 0 Å². The molecule has 2 N–H and O–H groups in total. The zero-order valence-electron chi connectivity index (χ0n) is 64.2. The zero-order valence-corrected chi connectivity index (χ0v) is 64.2. The summed E-state index contributed by atoms with van der Waals surface area (Å²) in [7, 11) is 5.14. The summed E-state index contributed by atoms with van der Waals surface area (Å²) in [6.07, 6.45) is 37.5. The Kier molecular flexibility index (Phi) is 32.2. The van der Waals surface area contributed by atoms with Crippen molar-refractivity contribution in [1.29, 1.82) is 0 Å². The summed E-state index contributed by atoms with van der Waals surface area (Å²) in [4.78, 5) is 77.6. The minimum atomic E-state index is -0.588. The number of hydrogen-bond donors (Lipinski definition) is 2. The van der Waals surface area contributed by atoms with Gasteiger partial charge < -0.3 is 38.7 Å². The topological polar surface area (TPSA) is 197 Å². The average Bonchev–Trinajstić information content (AvgIpc) is 0.768. The van der Waals surface area contributed by atoms with Gasteiger partial charge in [0.1, 0.15) is 18.9 Å². The summed E-state index contributed by atoms with van der Waals surface area (Å²) in [5, 5.41) is 18.5. The van der Waals surface area contributed by atoms with Crippen LogP contribution in [0.1, 0.15) is 263 Å². The Balaban J connectivity index is 0.000000266. The number of methoxy groups -OCH3 is 4. The second kappa shape index (κ2) is 37.1. The lowest BCUT2D eigenvalue weighted by molar-refractivity contribution is -0.143. The lowest BCUT2D eigenvalue weighted by Gasteiger charge is -2.58. The standard InChI is InChI=1S/C22H34O4.C20H34O2.C20H30O2.C16H26O.C7H10O4/c1-15-8-11-18-21(2,3)12-7-13-22(18,4)17(15)10-9-16(20(24)26-6)14-19(23)25-5;2*1-15-6-9-18-19(2,3)11-5-12-20(18,4)17(15)8-7-16(14-22)10-13-21;1-12-6-7-14-15(2,3)9-5-10-16(14,4)13(12)8-11-17;1-5(7(9)11-3)4-6(8)10-2/h9,17-18H,1,7-8,10-14H2,2-6H3;7,17-18,21-22H,1,5-6,8-14H2,2-4H3;7,13-14,17-18H,1,5-6,8-12H2,2-4H3;11,13-14H,1,5-10H2,2-4H3;1,4H2,2-3H3/b16-9+;2*16-7+;;/t17-,18-,22+;2*17-,18-,20+;13-,14-,16+;/m0000./s1. The molecule has 0 amide bonds. The monoisotopic (exact) mass is 1360 g/mol. The summed E-state index contributed by atoms with van der Waals surface area (Å²) in [6, 6.07) is 0. The number of carbonyl (C=O) groups is 7. The molecule has 0 spiro atoms. The van der Waals surface area contributed by atoms with Crippen molar-refractivity contribution in [2.45, 2.75) is 263 Å². The van der Waals surface area contributed by atoms with Gasteiger partial charge >= 0.3 is 23.9 Å². The fraction of sp³-hybridized carbons (Fsp3) is 0.729. The third-order valence-corrected chi connectivity index (χ3v) is 26.6. The summed E-state index contributed by atoms with van der Waals surface area (Å²) < 4.78 is 18.2. The Morgan fingerprint density at radius 1 is 0.449 bits per heavy atom. The van der Waals surface area contributed by atoms with Gasteiger partial charge in [0, 0.05) is 30.6 Å². The van der Waals surface area contributed by atoms with E-state index < -0.39 is 23.9 Å². The molecule has 0 radical (unpaired) electrons. The van der Waals surface area contributed by atoms with E-state index in [4.69, 9.17) is 14.6 Å². The van der Waals surface area contributed by atoms with Crippen molar-refractivity contribution in [2.75, 3.05) is 41.7 Å². The van der Waals surface area contributed by atoms with Crippen LogP contribution < -0.4 is 0 Å². The quantitative estimate of drug-likeness (QED) is 0.0384. The maximum atomic E-state index is 12.1. The number of hydrogen-bond acceptors (Lipinski definition) is 13. The fourth-order valence-electron chi connectivity index (χ4n) is 21.5. The predicted molar refractivity (Wildman–Crippen MR) is 395 cm³/mol. The lowest BCUT2D eigenvalue weighted by Crippen LogP contribution is -2.49. The van der Waals surface area contributed by atoms with E-state index in [9.17, 15) is 38.7 Å². The first kappa shape index (κ1) is 85.1. The van der Waals surface area contributed by atoms with Crippen molar-refractivity contribution in [1.82, 2.24) is 0 Å². The Bertz CT molecular complexity index is 2910. The van der Waals surface area contributed by atoms with Crippen molar-refractivity contribution in [2.24, 2.45) is 90.7 Å². The molecule has 12 atom stereocenters. The van der Waals surface area contributed by atoms with Gasteiger partial charge in [0.25, 0.3) is 0 Å². The first-order chi connectivity index (χ1) is 45.9. The molecule has 13 nitrogen and oxygen atoms in total. The molecule has 0 saturated heterocycles. The molecule has 8 saturated carbocycles. The van der Waals surface area contributed by atoms with E-state index in [1.54, 1.807) is 0 Å². The maximum absolute atomic E-state index is 12.1. The van der Waals surface area contributed by atoms with Crippen LogP contribution in [0, 0.1) is 90.7 Å². The van der Waals surface area contributed by atoms with Gasteiger partial charge in [0.05, 0.1) is 47.9 Å². The molecular formula is C85H134O13. The Hall–Kier alpha value is -5.27. The van der Waals surface area contributed by atoms with Crippen LogP contribution in [0.4, 0.5) is 0 Å². The highest BCUT2D eigenvalue weighted by Crippen LogP contribution is 2.65. The van der Waals surface area contributed by atoms with E-state index in [1.165, 1.54) is 153 Å². The number of aldehydes is 3. The minimum absolute atomic E-state index is 0.0476. The van der Waals surface area contributed by atoms with Crippen LogP contribution in [0.3, 0.4) is 0 Å². The van der Waals surface area contributed by atoms with Gasteiger partial charge in [-0.05, 0) is 230 Å². The molecule has 0 unspecified atom stereocenters. The van der Waals surface area contributed by atoms with E-state index in [-0.39, 0.29) is 48.9 Å². The van der Waals surface area contributed by atoms with Crippen LogP contribution in [-0.2, 0) is 52.5 Å². The number of ether oxygens (including phenoxy) is 4. The van der Waals surface area contributed by atoms with Crippen molar-refractivity contribution in [3.05, 3.63) is 95.7 Å². The number of carbonyl (C=O) groups excluding carboxylic acids is 7. The van der Waals surface area contributed by atoms with Gasteiger partial charge in [-0.1, -0.05) is 182 Å². The van der Waals surface area contributed by atoms with Gasteiger partial charge in [-0.25, -0.2) is 9.59 Å². The number of allylic oxidation sites excluding steroid dienone is 8. The van der Waals surface area contributed by atoms with Gasteiger partial charge in [-0.15, -0.1) is 0 Å². The Morgan fingerprint density at radius 3 is 1.09 bits per heavy atom. The number of rotatable bonds is 20. The first-order valence-electron chi connectivity index (χ1n) is 37.2. The Labute approximate surface area is 593 Å². The van der Waals surface area contributed by atoms with Crippen LogP contribution in [-0.4, -0.2) is 94.6 Å². The smallest absolute Gasteiger partial charge is 0.333 e. The fourth-order valence-corrected chi connectivity index (χ4v) is 21.5. The number of aliphatic hydroxyl groups excluding tert-OH is 2. The summed E-state index contributed by atoms with van der Waals surface area (Å²) in [5.41, 5.74) is 10.1. The third-order valence-electron chi connectivity index (χ3n) is 26.6. The molecule has 8 fully saturated rings. The second-order valence-corrected chi connectivity index (χ2v) is 34.3. The highest BCUT2D eigenvalue weighted by Gasteiger charge is 2.56. The molecule has 8 rings (SSSR count). The average molecular weight is 1360 g/mol. The lowest BCUT2D eigenvalue weighted by atomic mass is 9.47. The van der Waals surface area contributed by atoms with Gasteiger partial charge in [0.2, 0.25) is 0 Å². The predicted octanol–water partition coefficient (Wildman–Crippen LogP) is 18.9. The van der Waals surface area contributed by atoms with Crippen LogP contribution in [0.25, 0.3) is 0 Å². The molecule has 8 aliphatic rings. The molecule has 13 heteroatoms. The highest BCUT2D eigenvalue weighted by atomic mass is 16.5. The molecule has 0 aromatic heterocycles. The normalized spacial score (nSPS) is 32.0. The molecule has 0 aliphatic heterocycles. The van der Waals surface area contributed by atoms with E-state index in [1.807, 2.05) is 12.2 Å². The molecule has 0 aromatic rings. The van der Waals surface area contributed by atoms with Crippen LogP contribution in [0.2, 0.25) is 0 Å². The van der Waals surface area contributed by atoms with Crippen molar-refractivity contribution in [3.63, 3.8) is 0 Å². The summed E-state index contributed by atoms with van der Waals surface area (Å²) in [5.74, 6) is 2.67. The number of esters is 4. The van der Waals surface area contributed by atoms with Crippen LogP contribution >= 0.6 is 0 Å². The third kappa shape index (κ3) is 21.0. The van der Waals surface area contributed by atoms with E-state index in [0.29, 0.717) is 86.1 Å². The largest absolute Gasteiger partial charge is 0.469 e. The van der Waals surface area contributed by atoms with Gasteiger partial charge in [0.15, 0.2) is 0 Å². The van der Waals surface area contributed by atoms with E-state index in [2.05, 4.69) is 132 Å². The molecule has 8 aliphatic carbocycles. The number of aliphatic hydroxyl groups is 2. The highest BCUT2D eigenvalue weighted by molar-refractivity contribution is 5.94. The molecule has 0 bridgehead atoms. The number of fused-ring (bicyclic) bond motifs is 4. The first-order valence-corrected chi connectivity index (χ1v) is 37.2. The molecule has 98 heavy (non-hydrogen) atoms. The van der Waals surface area contributed by atoms with Crippen LogP contribution in [0.5, 0.6) is 0 Å². The molecule has 0 aromatic carbocycles. The summed E-state index contributed by atoms with van der Waals surface area (Å²) >= 11 is 0. The van der Waals surface area contributed by atoms with Crippen molar-refractivity contribution < 1.29 is 62.7 Å². The SMILES string of the molecule is C=C(CC(=O)OC)C(=O)OC.C=C1CC[C@H]2C(C)(C)CCC[C@]2(C)[C@H]1C/C=C(/C=O)CC=O.C=C1CC[C@H]2C(C)(C)CCC[C@]2(C)[C@H]1C/C=C(/CO)CCO.C=C1CC[C@H]2C(C)(C)CCC[C@]2(C)[C@H]1C/C=C(\CC(=O)OC)C(=O)OC.C=C1CC[C@H]2C(C)(C)CCC[C@]2(C)[C@H]1CC=O. The second-order valence-electron chi connectivity index (χ2n) is 34.3. The molecule has 0 heterocycles. The van der Waals surface area contributed by atoms with Gasteiger partial charge in [-0.2, -0.15) is 0 Å². The Morgan fingerprint density at radius 2 is 0.786 bits per heavy atom. The van der Waals surface area contributed by atoms with Crippen LogP contribution in [0.15, 0.2) is 95.7 Å². The molecule has 552 valence electrons. The zero-order chi connectivity index (χ0) is 73.8.